The largest absolute Gasteiger partial charge is 0.0722 e. The topological polar surface area (TPSA) is 0 Å². The SMILES string of the molecule is CCC[Si](CCC)(CCC)CCC[SiH](C)C. The van der Waals surface area contributed by atoms with Crippen LogP contribution in [0.25, 0.3) is 0 Å². The van der Waals surface area contributed by atoms with E-state index in [1.165, 1.54) is 19.3 Å². The van der Waals surface area contributed by atoms with Crippen molar-refractivity contribution >= 4 is 16.9 Å². The fourth-order valence-corrected chi connectivity index (χ4v) is 10.3. The predicted molar refractivity (Wildman–Crippen MR) is 84.2 cm³/mol. The van der Waals surface area contributed by atoms with Crippen molar-refractivity contribution in [2.45, 2.75) is 89.8 Å². The second-order valence-corrected chi connectivity index (χ2v) is 14.4. The third-order valence-corrected chi connectivity index (χ3v) is 11.5. The summed E-state index contributed by atoms with van der Waals surface area (Å²) in [6, 6.07) is 8.05. The van der Waals surface area contributed by atoms with Crippen LogP contribution in [-0.4, -0.2) is 16.9 Å². The zero-order valence-corrected chi connectivity index (χ0v) is 14.6. The number of hydrogen-bond donors (Lipinski definition) is 0. The highest BCUT2D eigenvalue weighted by Gasteiger charge is 2.29. The predicted octanol–water partition coefficient (Wildman–Crippen LogP) is 5.54. The quantitative estimate of drug-likeness (QED) is 0.451. The van der Waals surface area contributed by atoms with E-state index in [0.29, 0.717) is 0 Å². The van der Waals surface area contributed by atoms with Gasteiger partial charge in [-0.3, -0.25) is 0 Å². The van der Waals surface area contributed by atoms with E-state index in [2.05, 4.69) is 33.9 Å². The molecule has 0 aliphatic carbocycles. The van der Waals surface area contributed by atoms with Gasteiger partial charge in [-0.2, -0.15) is 0 Å². The first-order valence-corrected chi connectivity index (χ1v) is 13.6. The van der Waals surface area contributed by atoms with Gasteiger partial charge in [0.1, 0.15) is 0 Å². The van der Waals surface area contributed by atoms with Crippen LogP contribution in [0.15, 0.2) is 0 Å². The molecule has 0 radical (unpaired) electrons. The minimum atomic E-state index is -0.840. The maximum atomic E-state index is 2.50. The van der Waals surface area contributed by atoms with Gasteiger partial charge in [-0.15, -0.1) is 0 Å². The molecule has 0 amide bonds. The van der Waals surface area contributed by atoms with Crippen molar-refractivity contribution in [1.82, 2.24) is 0 Å². The highest BCUT2D eigenvalue weighted by Crippen LogP contribution is 2.32. The van der Waals surface area contributed by atoms with Gasteiger partial charge in [0, 0.05) is 8.80 Å². The molecule has 0 aromatic carbocycles. The number of hydrogen-bond acceptors (Lipinski definition) is 0. The van der Waals surface area contributed by atoms with Gasteiger partial charge >= 0.3 is 0 Å². The molecule has 98 valence electrons. The van der Waals surface area contributed by atoms with Crippen LogP contribution in [0.1, 0.15) is 46.5 Å². The molecule has 0 aromatic heterocycles. The zero-order valence-electron chi connectivity index (χ0n) is 12.4. The van der Waals surface area contributed by atoms with E-state index < -0.39 is 8.07 Å². The average molecular weight is 259 g/mol. The van der Waals surface area contributed by atoms with Crippen molar-refractivity contribution in [3.05, 3.63) is 0 Å². The first kappa shape index (κ1) is 16.4. The van der Waals surface area contributed by atoms with Crippen molar-refractivity contribution in [3.63, 3.8) is 0 Å². The van der Waals surface area contributed by atoms with Crippen LogP contribution >= 0.6 is 0 Å². The summed E-state index contributed by atoms with van der Waals surface area (Å²) in [5, 5.41) is 0. The van der Waals surface area contributed by atoms with Crippen LogP contribution in [0.2, 0.25) is 43.3 Å². The minimum Gasteiger partial charge on any atom is -0.0722 e. The molecule has 0 aliphatic rings. The second kappa shape index (κ2) is 9.46. The molecule has 0 aliphatic heterocycles. The van der Waals surface area contributed by atoms with Crippen LogP contribution in [0.4, 0.5) is 0 Å². The van der Waals surface area contributed by atoms with Gasteiger partial charge in [-0.1, -0.05) is 89.8 Å². The lowest BCUT2D eigenvalue weighted by atomic mass is 10.5. The Bertz CT molecular complexity index is 138. The van der Waals surface area contributed by atoms with Gasteiger partial charge in [0.15, 0.2) is 0 Å². The smallest absolute Gasteiger partial charge is 0.0535 e. The van der Waals surface area contributed by atoms with E-state index >= 15 is 0 Å². The molecule has 0 fully saturated rings. The fourth-order valence-electron chi connectivity index (χ4n) is 3.23. The maximum Gasteiger partial charge on any atom is 0.0535 e. The third-order valence-electron chi connectivity index (χ3n) is 3.83. The Morgan fingerprint density at radius 1 is 0.750 bits per heavy atom. The monoisotopic (exact) mass is 258 g/mol. The molecule has 0 unspecified atom stereocenters. The molecule has 16 heavy (non-hydrogen) atoms. The molecular weight excluding hydrogens is 224 g/mol. The summed E-state index contributed by atoms with van der Waals surface area (Å²) in [7, 11) is -1.14. The standard InChI is InChI=1S/C14H34Si2/c1-6-11-16(12-7-2,13-8-3)14-9-10-15(4)5/h15H,6-14H2,1-5H3. The first-order chi connectivity index (χ1) is 7.60. The molecule has 0 bridgehead atoms. The molecular formula is C14H34Si2. The third kappa shape index (κ3) is 6.90. The van der Waals surface area contributed by atoms with Crippen LogP contribution in [0.3, 0.4) is 0 Å². The molecule has 0 atom stereocenters. The molecule has 0 saturated heterocycles. The fraction of sp³-hybridized carbons (Fsp3) is 1.00. The minimum absolute atomic E-state index is 0.298. The molecule has 0 aromatic rings. The van der Waals surface area contributed by atoms with Crippen LogP contribution in [0, 0.1) is 0 Å². The van der Waals surface area contributed by atoms with Gasteiger partial charge in [-0.25, -0.2) is 0 Å². The van der Waals surface area contributed by atoms with Gasteiger partial charge in [-0.05, 0) is 0 Å². The summed E-state index contributed by atoms with van der Waals surface area (Å²) in [6.45, 7) is 12.2. The van der Waals surface area contributed by atoms with Gasteiger partial charge < -0.3 is 0 Å². The molecule has 2 heteroatoms. The molecule has 0 N–H and O–H groups in total. The van der Waals surface area contributed by atoms with E-state index in [4.69, 9.17) is 0 Å². The average Bonchev–Trinajstić information content (AvgIpc) is 2.18. The Kier molecular flexibility index (Phi) is 9.72. The lowest BCUT2D eigenvalue weighted by molar-refractivity contribution is 0.878. The normalized spacial score (nSPS) is 12.4. The van der Waals surface area contributed by atoms with E-state index in [-0.39, 0.29) is 8.80 Å². The Morgan fingerprint density at radius 2 is 1.19 bits per heavy atom. The van der Waals surface area contributed by atoms with Crippen molar-refractivity contribution in [2.75, 3.05) is 0 Å². The molecule has 0 nitrogen and oxygen atoms in total. The molecule has 0 saturated carbocycles. The number of rotatable bonds is 10. The van der Waals surface area contributed by atoms with Gasteiger partial charge in [0.2, 0.25) is 0 Å². The molecule has 0 heterocycles. The summed E-state index contributed by atoms with van der Waals surface area (Å²) in [5.41, 5.74) is 0. The summed E-state index contributed by atoms with van der Waals surface area (Å²) in [6.07, 6.45) is 5.87. The molecule has 0 rings (SSSR count). The summed E-state index contributed by atoms with van der Waals surface area (Å²) in [5.74, 6) is 0. The maximum absolute atomic E-state index is 2.50. The van der Waals surface area contributed by atoms with Crippen molar-refractivity contribution < 1.29 is 0 Å². The Labute approximate surface area is 107 Å². The highest BCUT2D eigenvalue weighted by molar-refractivity contribution is 6.79. The summed E-state index contributed by atoms with van der Waals surface area (Å²) in [4.78, 5) is 0. The van der Waals surface area contributed by atoms with Gasteiger partial charge in [0.25, 0.3) is 0 Å². The van der Waals surface area contributed by atoms with E-state index in [0.717, 1.165) is 0 Å². The second-order valence-electron chi connectivity index (χ2n) is 6.04. The van der Waals surface area contributed by atoms with Crippen molar-refractivity contribution in [1.29, 1.82) is 0 Å². The molecule has 0 spiro atoms. The van der Waals surface area contributed by atoms with Gasteiger partial charge in [0.05, 0.1) is 8.07 Å². The lowest BCUT2D eigenvalue weighted by Gasteiger charge is -2.31. The Hall–Kier alpha value is 0.434. The lowest BCUT2D eigenvalue weighted by Crippen LogP contribution is -2.33. The van der Waals surface area contributed by atoms with Crippen LogP contribution in [0.5, 0.6) is 0 Å². The summed E-state index contributed by atoms with van der Waals surface area (Å²) >= 11 is 0. The highest BCUT2D eigenvalue weighted by atomic mass is 28.3. The Balaban J connectivity index is 4.23. The van der Waals surface area contributed by atoms with E-state index in [9.17, 15) is 0 Å². The van der Waals surface area contributed by atoms with Crippen molar-refractivity contribution in [3.8, 4) is 0 Å². The summed E-state index contributed by atoms with van der Waals surface area (Å²) < 4.78 is 0. The van der Waals surface area contributed by atoms with Crippen LogP contribution < -0.4 is 0 Å². The first-order valence-electron chi connectivity index (χ1n) is 7.60. The van der Waals surface area contributed by atoms with Crippen LogP contribution in [-0.2, 0) is 0 Å². The van der Waals surface area contributed by atoms with E-state index in [1.54, 1.807) is 36.6 Å². The van der Waals surface area contributed by atoms with E-state index in [1.807, 2.05) is 0 Å². The zero-order chi connectivity index (χ0) is 12.4. The Morgan fingerprint density at radius 3 is 1.50 bits per heavy atom. The van der Waals surface area contributed by atoms with Crippen molar-refractivity contribution in [2.24, 2.45) is 0 Å².